The number of rotatable bonds is 7. The molecule has 0 saturated heterocycles. The number of nitrogens with one attached hydrogen (secondary N) is 1. The zero-order chi connectivity index (χ0) is 15.1. The van der Waals surface area contributed by atoms with Gasteiger partial charge in [0.15, 0.2) is 0 Å². The normalized spacial score (nSPS) is 10.6. The number of aromatic nitrogens is 2. The Labute approximate surface area is 137 Å². The van der Waals surface area contributed by atoms with Crippen LogP contribution in [0.5, 0.6) is 0 Å². The quantitative estimate of drug-likeness (QED) is 0.796. The van der Waals surface area contributed by atoms with Gasteiger partial charge < -0.3 is 5.32 Å². The topological polar surface area (TPSA) is 54.9 Å². The van der Waals surface area contributed by atoms with Gasteiger partial charge in [-0.2, -0.15) is 0 Å². The second kappa shape index (κ2) is 8.24. The molecular weight excluding hydrogens is 350 g/mol. The van der Waals surface area contributed by atoms with Gasteiger partial charge in [-0.25, -0.2) is 0 Å². The second-order valence-corrected chi connectivity index (χ2v) is 6.76. The van der Waals surface area contributed by atoms with Crippen molar-refractivity contribution in [3.8, 4) is 0 Å². The SMILES string of the molecule is CCCCc1nnc(NC(=O)CCc2cccc(Br)c2)s1. The van der Waals surface area contributed by atoms with Crippen molar-refractivity contribution in [2.45, 2.75) is 39.0 Å². The zero-order valence-corrected chi connectivity index (χ0v) is 14.3. The van der Waals surface area contributed by atoms with E-state index in [4.69, 9.17) is 0 Å². The number of halogens is 1. The van der Waals surface area contributed by atoms with E-state index in [1.165, 1.54) is 11.3 Å². The minimum absolute atomic E-state index is 0.0202. The van der Waals surface area contributed by atoms with Gasteiger partial charge in [0.2, 0.25) is 11.0 Å². The summed E-state index contributed by atoms with van der Waals surface area (Å²) in [6, 6.07) is 8.00. The van der Waals surface area contributed by atoms with Gasteiger partial charge in [-0.15, -0.1) is 10.2 Å². The van der Waals surface area contributed by atoms with E-state index >= 15 is 0 Å². The van der Waals surface area contributed by atoms with Crippen LogP contribution < -0.4 is 5.32 Å². The highest BCUT2D eigenvalue weighted by molar-refractivity contribution is 9.10. The number of anilines is 1. The molecule has 0 saturated carbocycles. The molecule has 1 N–H and O–H groups in total. The zero-order valence-electron chi connectivity index (χ0n) is 11.9. The minimum Gasteiger partial charge on any atom is -0.301 e. The largest absolute Gasteiger partial charge is 0.301 e. The molecule has 112 valence electrons. The monoisotopic (exact) mass is 367 g/mol. The number of benzene rings is 1. The van der Waals surface area contributed by atoms with Crippen LogP contribution >= 0.6 is 27.3 Å². The van der Waals surface area contributed by atoms with Crippen molar-refractivity contribution in [2.24, 2.45) is 0 Å². The lowest BCUT2D eigenvalue weighted by atomic mass is 10.1. The van der Waals surface area contributed by atoms with Crippen molar-refractivity contribution >= 4 is 38.3 Å². The number of unbranched alkanes of at least 4 members (excludes halogenated alkanes) is 1. The molecule has 1 aromatic carbocycles. The van der Waals surface area contributed by atoms with E-state index in [1.807, 2.05) is 24.3 Å². The number of carbonyl (C=O) groups is 1. The third kappa shape index (κ3) is 5.55. The molecule has 0 aliphatic heterocycles. The third-order valence-corrected chi connectivity index (χ3v) is 4.38. The van der Waals surface area contributed by atoms with E-state index in [1.54, 1.807) is 0 Å². The Bertz CT molecular complexity index is 600. The molecule has 2 rings (SSSR count). The van der Waals surface area contributed by atoms with Crippen LogP contribution in [0.2, 0.25) is 0 Å². The summed E-state index contributed by atoms with van der Waals surface area (Å²) in [5.41, 5.74) is 1.14. The first-order valence-electron chi connectivity index (χ1n) is 7.04. The summed E-state index contributed by atoms with van der Waals surface area (Å²) in [4.78, 5) is 11.9. The molecular formula is C15H18BrN3OS. The Balaban J connectivity index is 1.80. The third-order valence-electron chi connectivity index (χ3n) is 2.99. The highest BCUT2D eigenvalue weighted by atomic mass is 79.9. The van der Waals surface area contributed by atoms with Crippen molar-refractivity contribution in [3.05, 3.63) is 39.3 Å². The van der Waals surface area contributed by atoms with Crippen LogP contribution in [0.4, 0.5) is 5.13 Å². The van der Waals surface area contributed by atoms with Gasteiger partial charge in [0.25, 0.3) is 0 Å². The smallest absolute Gasteiger partial charge is 0.226 e. The molecule has 1 amide bonds. The average Bonchev–Trinajstić information content (AvgIpc) is 2.90. The molecule has 2 aromatic rings. The van der Waals surface area contributed by atoms with Crippen molar-refractivity contribution < 1.29 is 4.79 Å². The fraction of sp³-hybridized carbons (Fsp3) is 0.400. The van der Waals surface area contributed by atoms with E-state index in [2.05, 4.69) is 38.4 Å². The number of amides is 1. The molecule has 0 unspecified atom stereocenters. The second-order valence-electron chi connectivity index (χ2n) is 4.78. The number of aryl methyl sites for hydroxylation is 2. The average molecular weight is 368 g/mol. The van der Waals surface area contributed by atoms with E-state index in [0.717, 1.165) is 34.3 Å². The Morgan fingerprint density at radius 3 is 2.95 bits per heavy atom. The Hall–Kier alpha value is -1.27. The summed E-state index contributed by atoms with van der Waals surface area (Å²) in [5.74, 6) is -0.0202. The molecule has 1 aromatic heterocycles. The molecule has 0 radical (unpaired) electrons. The first kappa shape index (κ1) is 16.1. The van der Waals surface area contributed by atoms with Crippen LogP contribution in [-0.4, -0.2) is 16.1 Å². The maximum Gasteiger partial charge on any atom is 0.226 e. The number of hydrogen-bond acceptors (Lipinski definition) is 4. The summed E-state index contributed by atoms with van der Waals surface area (Å²) in [7, 11) is 0. The van der Waals surface area contributed by atoms with Gasteiger partial charge in [-0.1, -0.05) is 52.7 Å². The van der Waals surface area contributed by atoms with Crippen LogP contribution in [0.15, 0.2) is 28.7 Å². The van der Waals surface area contributed by atoms with E-state index in [0.29, 0.717) is 18.0 Å². The lowest BCUT2D eigenvalue weighted by Crippen LogP contribution is -2.12. The fourth-order valence-corrected chi connectivity index (χ4v) is 3.11. The maximum absolute atomic E-state index is 11.9. The summed E-state index contributed by atoms with van der Waals surface area (Å²) in [6.07, 6.45) is 4.33. The Kier molecular flexibility index (Phi) is 6.32. The van der Waals surface area contributed by atoms with E-state index in [9.17, 15) is 4.79 Å². The van der Waals surface area contributed by atoms with Gasteiger partial charge in [-0.05, 0) is 30.5 Å². The molecule has 0 bridgehead atoms. The summed E-state index contributed by atoms with van der Waals surface area (Å²) < 4.78 is 1.03. The van der Waals surface area contributed by atoms with Crippen LogP contribution in [0.3, 0.4) is 0 Å². The summed E-state index contributed by atoms with van der Waals surface area (Å²) in [5, 5.41) is 12.5. The van der Waals surface area contributed by atoms with E-state index < -0.39 is 0 Å². The first-order valence-corrected chi connectivity index (χ1v) is 8.65. The molecule has 1 heterocycles. The number of nitrogens with zero attached hydrogens (tertiary/aromatic N) is 2. The highest BCUT2D eigenvalue weighted by Crippen LogP contribution is 2.18. The molecule has 21 heavy (non-hydrogen) atoms. The van der Waals surface area contributed by atoms with Gasteiger partial charge in [0.05, 0.1) is 0 Å². The van der Waals surface area contributed by atoms with Crippen LogP contribution in [0.25, 0.3) is 0 Å². The van der Waals surface area contributed by atoms with Crippen LogP contribution in [0.1, 0.15) is 36.8 Å². The van der Waals surface area contributed by atoms with Gasteiger partial charge in [0.1, 0.15) is 5.01 Å². The fourth-order valence-electron chi connectivity index (χ4n) is 1.87. The molecule has 0 aliphatic rings. The standard InChI is InChI=1S/C15H18BrN3OS/c1-2-3-7-14-18-19-15(21-14)17-13(20)9-8-11-5-4-6-12(16)10-11/h4-6,10H,2-3,7-9H2,1H3,(H,17,19,20). The summed E-state index contributed by atoms with van der Waals surface area (Å²) in [6.45, 7) is 2.14. The number of hydrogen-bond donors (Lipinski definition) is 1. The first-order chi connectivity index (χ1) is 10.2. The predicted molar refractivity (Wildman–Crippen MR) is 89.6 cm³/mol. The lowest BCUT2D eigenvalue weighted by molar-refractivity contribution is -0.116. The molecule has 0 fully saturated rings. The lowest BCUT2D eigenvalue weighted by Gasteiger charge is -2.02. The van der Waals surface area contributed by atoms with Gasteiger partial charge >= 0.3 is 0 Å². The molecule has 0 spiro atoms. The van der Waals surface area contributed by atoms with Gasteiger partial charge in [-0.3, -0.25) is 4.79 Å². The molecule has 6 heteroatoms. The number of carbonyl (C=O) groups excluding carboxylic acids is 1. The minimum atomic E-state index is -0.0202. The van der Waals surface area contributed by atoms with Gasteiger partial charge in [0, 0.05) is 17.3 Å². The Morgan fingerprint density at radius 1 is 1.33 bits per heavy atom. The summed E-state index contributed by atoms with van der Waals surface area (Å²) >= 11 is 4.89. The highest BCUT2D eigenvalue weighted by Gasteiger charge is 2.08. The van der Waals surface area contributed by atoms with Crippen molar-refractivity contribution in [1.82, 2.24) is 10.2 Å². The van der Waals surface area contributed by atoms with E-state index in [-0.39, 0.29) is 5.91 Å². The molecule has 0 atom stereocenters. The molecule has 0 aliphatic carbocycles. The van der Waals surface area contributed by atoms with Crippen LogP contribution in [0, 0.1) is 0 Å². The Morgan fingerprint density at radius 2 is 2.19 bits per heavy atom. The van der Waals surface area contributed by atoms with Crippen molar-refractivity contribution in [1.29, 1.82) is 0 Å². The maximum atomic E-state index is 11.9. The predicted octanol–water partition coefficient (Wildman–Crippen LogP) is 4.21. The molecule has 4 nitrogen and oxygen atoms in total. The van der Waals surface area contributed by atoms with Crippen molar-refractivity contribution in [3.63, 3.8) is 0 Å². The van der Waals surface area contributed by atoms with Crippen LogP contribution in [-0.2, 0) is 17.6 Å². The van der Waals surface area contributed by atoms with Crippen molar-refractivity contribution in [2.75, 3.05) is 5.32 Å².